The Morgan fingerprint density at radius 1 is 1.55 bits per heavy atom. The van der Waals surface area contributed by atoms with Gasteiger partial charge in [-0.15, -0.1) is 11.3 Å². The predicted molar refractivity (Wildman–Crippen MR) is 76.9 cm³/mol. The number of carboxylic acids is 1. The van der Waals surface area contributed by atoms with Gasteiger partial charge >= 0.3 is 5.97 Å². The van der Waals surface area contributed by atoms with Crippen molar-refractivity contribution in [1.29, 1.82) is 0 Å². The second-order valence-electron chi connectivity index (χ2n) is 4.35. The van der Waals surface area contributed by atoms with E-state index in [1.807, 2.05) is 6.07 Å². The van der Waals surface area contributed by atoms with E-state index < -0.39 is 12.1 Å². The van der Waals surface area contributed by atoms with Crippen molar-refractivity contribution >= 4 is 40.9 Å². The summed E-state index contributed by atoms with van der Waals surface area (Å²) in [5, 5.41) is 8.74. The molecule has 1 saturated heterocycles. The molecule has 0 aliphatic carbocycles. The lowest BCUT2D eigenvalue weighted by molar-refractivity contribution is -0.145. The number of nitrogens with zero attached hydrogens (tertiary/aromatic N) is 1. The molecule has 1 aliphatic heterocycles. The second-order valence-corrected chi connectivity index (χ2v) is 6.10. The van der Waals surface area contributed by atoms with Crippen LogP contribution in [0.1, 0.15) is 11.3 Å². The van der Waals surface area contributed by atoms with Crippen LogP contribution in [0.2, 0.25) is 4.34 Å². The average Bonchev–Trinajstić information content (AvgIpc) is 2.81. The molecule has 20 heavy (non-hydrogen) atoms. The van der Waals surface area contributed by atoms with Crippen molar-refractivity contribution in [2.75, 3.05) is 19.7 Å². The summed E-state index contributed by atoms with van der Waals surface area (Å²) in [7, 11) is 0. The van der Waals surface area contributed by atoms with Crippen LogP contribution in [0.4, 0.5) is 0 Å². The maximum atomic E-state index is 12.0. The Bertz CT molecular complexity index is 528. The first-order chi connectivity index (χ1) is 9.54. The van der Waals surface area contributed by atoms with Crippen LogP contribution in [0.5, 0.6) is 0 Å². The molecule has 1 atom stereocenters. The number of amides is 1. The fourth-order valence-corrected chi connectivity index (χ4v) is 2.88. The zero-order chi connectivity index (χ0) is 14.5. The lowest BCUT2D eigenvalue weighted by Crippen LogP contribution is -2.45. The highest BCUT2D eigenvalue weighted by atomic mass is 35.5. The highest BCUT2D eigenvalue weighted by molar-refractivity contribution is 7.17. The van der Waals surface area contributed by atoms with E-state index in [1.54, 1.807) is 17.0 Å². The van der Waals surface area contributed by atoms with Gasteiger partial charge in [0, 0.05) is 24.0 Å². The number of thiophene rings is 1. The summed E-state index contributed by atoms with van der Waals surface area (Å²) in [5.41, 5.74) is 0. The molecule has 1 fully saturated rings. The zero-order valence-corrected chi connectivity index (χ0v) is 12.2. The number of carbonyl (C=O) groups is 2. The minimum Gasteiger partial charge on any atom is -0.481 e. The van der Waals surface area contributed by atoms with Crippen LogP contribution in [-0.2, 0) is 14.3 Å². The Balaban J connectivity index is 1.91. The van der Waals surface area contributed by atoms with Gasteiger partial charge in [0.15, 0.2) is 0 Å². The molecule has 108 valence electrons. The van der Waals surface area contributed by atoms with E-state index in [4.69, 9.17) is 21.4 Å². The second kappa shape index (κ2) is 6.88. The van der Waals surface area contributed by atoms with Gasteiger partial charge in [0.2, 0.25) is 5.91 Å². The fourth-order valence-electron chi connectivity index (χ4n) is 1.91. The van der Waals surface area contributed by atoms with Crippen molar-refractivity contribution in [3.05, 3.63) is 27.4 Å². The molecule has 7 heteroatoms. The summed E-state index contributed by atoms with van der Waals surface area (Å²) in [4.78, 5) is 25.2. The molecule has 1 unspecified atom stereocenters. The molecule has 0 saturated carbocycles. The number of aliphatic carboxylic acids is 1. The molecule has 0 bridgehead atoms. The third-order valence-electron chi connectivity index (χ3n) is 2.84. The first kappa shape index (κ1) is 15.0. The molecular weight excluding hydrogens is 302 g/mol. The van der Waals surface area contributed by atoms with E-state index in [0.717, 1.165) is 4.88 Å². The molecule has 1 aromatic heterocycles. The Hall–Kier alpha value is -1.37. The van der Waals surface area contributed by atoms with Gasteiger partial charge in [-0.25, -0.2) is 0 Å². The molecule has 1 aromatic rings. The first-order valence-corrected chi connectivity index (χ1v) is 7.30. The lowest BCUT2D eigenvalue weighted by atomic mass is 10.2. The Morgan fingerprint density at radius 3 is 3.00 bits per heavy atom. The lowest BCUT2D eigenvalue weighted by Gasteiger charge is -2.31. The summed E-state index contributed by atoms with van der Waals surface area (Å²) in [6.07, 6.45) is 2.66. The van der Waals surface area contributed by atoms with E-state index >= 15 is 0 Å². The minimum atomic E-state index is -0.923. The van der Waals surface area contributed by atoms with Crippen LogP contribution >= 0.6 is 22.9 Å². The van der Waals surface area contributed by atoms with E-state index in [1.165, 1.54) is 17.4 Å². The molecule has 1 N–H and O–H groups in total. The van der Waals surface area contributed by atoms with Crippen LogP contribution in [0.3, 0.4) is 0 Å². The first-order valence-electron chi connectivity index (χ1n) is 6.10. The third kappa shape index (κ3) is 4.33. The van der Waals surface area contributed by atoms with E-state index in [9.17, 15) is 9.59 Å². The summed E-state index contributed by atoms with van der Waals surface area (Å²) >= 11 is 7.20. The molecule has 2 heterocycles. The molecule has 0 spiro atoms. The molecule has 5 nitrogen and oxygen atoms in total. The summed E-state index contributed by atoms with van der Waals surface area (Å²) < 4.78 is 5.99. The monoisotopic (exact) mass is 315 g/mol. The van der Waals surface area contributed by atoms with Crippen molar-refractivity contribution in [1.82, 2.24) is 4.90 Å². The third-order valence-corrected chi connectivity index (χ3v) is 4.03. The van der Waals surface area contributed by atoms with Gasteiger partial charge in [-0.1, -0.05) is 11.6 Å². The van der Waals surface area contributed by atoms with E-state index in [-0.39, 0.29) is 12.3 Å². The minimum absolute atomic E-state index is 0.0893. The number of rotatable bonds is 4. The number of carboxylic acid groups (broad SMARTS) is 1. The smallest absolute Gasteiger partial charge is 0.306 e. The van der Waals surface area contributed by atoms with Crippen molar-refractivity contribution in [2.45, 2.75) is 12.5 Å². The van der Waals surface area contributed by atoms with Crippen molar-refractivity contribution in [2.24, 2.45) is 0 Å². The Morgan fingerprint density at radius 2 is 2.35 bits per heavy atom. The van der Waals surface area contributed by atoms with Gasteiger partial charge < -0.3 is 14.7 Å². The molecule has 0 radical (unpaired) electrons. The maximum absolute atomic E-state index is 12.0. The quantitative estimate of drug-likeness (QED) is 0.864. The summed E-state index contributed by atoms with van der Waals surface area (Å²) in [5.74, 6) is -1.07. The number of halogens is 1. The highest BCUT2D eigenvalue weighted by Crippen LogP contribution is 2.22. The standard InChI is InChI=1S/C13H14ClNO4S/c14-11-3-1-10(20-11)2-4-12(16)15-5-6-19-9(8-15)7-13(17)18/h1-4,9H,5-8H2,(H,17,18). The number of carbonyl (C=O) groups excluding carboxylic acids is 1. The van der Waals surface area contributed by atoms with Gasteiger partial charge in [-0.05, 0) is 18.2 Å². The molecular formula is C13H14ClNO4S. The maximum Gasteiger partial charge on any atom is 0.306 e. The summed E-state index contributed by atoms with van der Waals surface area (Å²) in [6, 6.07) is 3.61. The fraction of sp³-hybridized carbons (Fsp3) is 0.385. The Kier molecular flexibility index (Phi) is 5.17. The molecule has 1 amide bonds. The SMILES string of the molecule is O=C(O)CC1CN(C(=O)C=Cc2ccc(Cl)s2)CCO1. The van der Waals surface area contributed by atoms with E-state index in [2.05, 4.69) is 0 Å². The number of hydrogen-bond donors (Lipinski definition) is 1. The van der Waals surface area contributed by atoms with Crippen LogP contribution < -0.4 is 0 Å². The Labute approximate surface area is 125 Å². The van der Waals surface area contributed by atoms with Gasteiger partial charge in [-0.3, -0.25) is 9.59 Å². The van der Waals surface area contributed by atoms with Crippen LogP contribution in [0.25, 0.3) is 6.08 Å². The van der Waals surface area contributed by atoms with Crippen molar-refractivity contribution < 1.29 is 19.4 Å². The number of ether oxygens (including phenoxy) is 1. The van der Waals surface area contributed by atoms with Gasteiger partial charge in [-0.2, -0.15) is 0 Å². The van der Waals surface area contributed by atoms with Crippen molar-refractivity contribution in [3.8, 4) is 0 Å². The molecule has 2 rings (SSSR count). The van der Waals surface area contributed by atoms with E-state index in [0.29, 0.717) is 24.0 Å². The molecule has 0 aromatic carbocycles. The van der Waals surface area contributed by atoms with Crippen LogP contribution in [-0.4, -0.2) is 47.7 Å². The van der Waals surface area contributed by atoms with Gasteiger partial charge in [0.25, 0.3) is 0 Å². The highest BCUT2D eigenvalue weighted by Gasteiger charge is 2.24. The zero-order valence-electron chi connectivity index (χ0n) is 10.6. The van der Waals surface area contributed by atoms with Crippen LogP contribution in [0.15, 0.2) is 18.2 Å². The van der Waals surface area contributed by atoms with Gasteiger partial charge in [0.1, 0.15) is 0 Å². The van der Waals surface area contributed by atoms with Crippen LogP contribution in [0, 0.1) is 0 Å². The number of hydrogen-bond acceptors (Lipinski definition) is 4. The predicted octanol–water partition coefficient (Wildman–Crippen LogP) is 2.12. The average molecular weight is 316 g/mol. The topological polar surface area (TPSA) is 66.8 Å². The number of morpholine rings is 1. The van der Waals surface area contributed by atoms with Crippen molar-refractivity contribution in [3.63, 3.8) is 0 Å². The van der Waals surface area contributed by atoms with Gasteiger partial charge in [0.05, 0.1) is 23.5 Å². The summed E-state index contributed by atoms with van der Waals surface area (Å²) in [6.45, 7) is 1.15. The normalized spacial score (nSPS) is 19.4. The largest absolute Gasteiger partial charge is 0.481 e. The molecule has 1 aliphatic rings.